The van der Waals surface area contributed by atoms with Gasteiger partial charge in [0.05, 0.1) is 5.92 Å². The molecule has 0 bridgehead atoms. The van der Waals surface area contributed by atoms with Gasteiger partial charge in [-0.1, -0.05) is 48.5 Å². The van der Waals surface area contributed by atoms with Crippen LogP contribution in [-0.2, 0) is 11.3 Å². The molecule has 0 spiro atoms. The molecule has 1 unspecified atom stereocenters. The van der Waals surface area contributed by atoms with Crippen molar-refractivity contribution in [3.05, 3.63) is 71.8 Å². The maximum atomic E-state index is 12.7. The summed E-state index contributed by atoms with van der Waals surface area (Å²) in [6.45, 7) is 6.58. The van der Waals surface area contributed by atoms with Crippen LogP contribution >= 0.6 is 11.6 Å². The zero-order valence-corrected chi connectivity index (χ0v) is 16.1. The molecular formula is C22H25ClN2O2. The third kappa shape index (κ3) is 5.59. The lowest BCUT2D eigenvalue weighted by Gasteiger charge is -2.32. The minimum atomic E-state index is -0.0287. The molecule has 1 aliphatic heterocycles. The molecule has 0 aromatic heterocycles. The highest BCUT2D eigenvalue weighted by Gasteiger charge is 2.26. The molecule has 1 saturated heterocycles. The van der Waals surface area contributed by atoms with Crippen LogP contribution in [0.4, 0.5) is 5.69 Å². The first-order valence-electron chi connectivity index (χ1n) is 9.26. The quantitative estimate of drug-likeness (QED) is 0.700. The van der Waals surface area contributed by atoms with Gasteiger partial charge in [0.1, 0.15) is 12.4 Å². The largest absolute Gasteiger partial charge is 0.489 e. The number of carbonyl (C=O) groups excluding carboxylic acids is 1. The molecule has 1 heterocycles. The zero-order chi connectivity index (χ0) is 19.1. The molecule has 1 aliphatic rings. The van der Waals surface area contributed by atoms with E-state index in [1.54, 1.807) is 6.08 Å². The lowest BCUT2D eigenvalue weighted by Crippen LogP contribution is -2.40. The fourth-order valence-corrected chi connectivity index (χ4v) is 3.54. The van der Waals surface area contributed by atoms with E-state index in [2.05, 4.69) is 16.8 Å². The van der Waals surface area contributed by atoms with Crippen LogP contribution in [0, 0.1) is 5.92 Å². The van der Waals surface area contributed by atoms with Gasteiger partial charge in [-0.3, -0.25) is 9.69 Å². The Bertz CT molecular complexity index is 793. The molecule has 0 saturated carbocycles. The third-order valence-corrected chi connectivity index (χ3v) is 5.07. The first kappa shape index (κ1) is 19.5. The summed E-state index contributed by atoms with van der Waals surface area (Å²) in [5.41, 5.74) is 1.86. The molecule has 0 aliphatic carbocycles. The number of anilines is 1. The Balaban J connectivity index is 1.58. The van der Waals surface area contributed by atoms with Crippen LogP contribution < -0.4 is 10.1 Å². The summed E-state index contributed by atoms with van der Waals surface area (Å²) in [5, 5.41) is 3.80. The Morgan fingerprint density at radius 3 is 2.96 bits per heavy atom. The number of amides is 1. The van der Waals surface area contributed by atoms with Crippen molar-refractivity contribution in [1.82, 2.24) is 4.90 Å². The number of ether oxygens (including phenoxy) is 1. The number of hydrogen-bond acceptors (Lipinski definition) is 3. The van der Waals surface area contributed by atoms with E-state index < -0.39 is 0 Å². The van der Waals surface area contributed by atoms with Crippen molar-refractivity contribution >= 4 is 23.2 Å². The number of piperidine rings is 1. The van der Waals surface area contributed by atoms with Crippen LogP contribution in [0.2, 0.25) is 5.02 Å². The molecular weight excluding hydrogens is 360 g/mol. The number of nitrogens with one attached hydrogen (secondary N) is 1. The number of rotatable bonds is 7. The first-order valence-corrected chi connectivity index (χ1v) is 9.64. The highest BCUT2D eigenvalue weighted by Crippen LogP contribution is 2.24. The van der Waals surface area contributed by atoms with Gasteiger partial charge < -0.3 is 10.1 Å². The lowest BCUT2D eigenvalue weighted by molar-refractivity contribution is -0.121. The van der Waals surface area contributed by atoms with Crippen molar-refractivity contribution in [3.63, 3.8) is 0 Å². The summed E-state index contributed by atoms with van der Waals surface area (Å²) in [6.07, 6.45) is 3.60. The van der Waals surface area contributed by atoms with E-state index in [-0.39, 0.29) is 11.8 Å². The van der Waals surface area contributed by atoms with E-state index in [4.69, 9.17) is 16.3 Å². The molecule has 27 heavy (non-hydrogen) atoms. The maximum Gasteiger partial charge on any atom is 0.228 e. The molecule has 0 radical (unpaired) electrons. The van der Waals surface area contributed by atoms with Crippen molar-refractivity contribution in [3.8, 4) is 5.75 Å². The Kier molecular flexibility index (Phi) is 6.91. The van der Waals surface area contributed by atoms with Crippen molar-refractivity contribution < 1.29 is 9.53 Å². The monoisotopic (exact) mass is 384 g/mol. The topological polar surface area (TPSA) is 41.6 Å². The highest BCUT2D eigenvalue weighted by molar-refractivity contribution is 6.31. The second kappa shape index (κ2) is 9.58. The summed E-state index contributed by atoms with van der Waals surface area (Å²) >= 11 is 6.28. The molecule has 1 fully saturated rings. The van der Waals surface area contributed by atoms with Crippen LogP contribution in [0.5, 0.6) is 5.75 Å². The average Bonchev–Trinajstić information content (AvgIpc) is 2.69. The summed E-state index contributed by atoms with van der Waals surface area (Å²) in [7, 11) is 0. The van der Waals surface area contributed by atoms with Crippen LogP contribution in [0.3, 0.4) is 0 Å². The summed E-state index contributed by atoms with van der Waals surface area (Å²) < 4.78 is 5.53. The second-order valence-corrected chi connectivity index (χ2v) is 7.19. The van der Waals surface area contributed by atoms with E-state index in [1.165, 1.54) is 0 Å². The van der Waals surface area contributed by atoms with Gasteiger partial charge in [-0.25, -0.2) is 0 Å². The average molecular weight is 385 g/mol. The van der Waals surface area contributed by atoms with Crippen molar-refractivity contribution in [2.24, 2.45) is 5.92 Å². The Hall–Kier alpha value is -2.30. The fourth-order valence-electron chi connectivity index (χ4n) is 3.34. The fraction of sp³-hybridized carbons (Fsp3) is 0.318. The van der Waals surface area contributed by atoms with Gasteiger partial charge in [-0.2, -0.15) is 0 Å². The van der Waals surface area contributed by atoms with Crippen LogP contribution in [-0.4, -0.2) is 30.5 Å². The number of likely N-dealkylation sites (tertiary alicyclic amines) is 1. The van der Waals surface area contributed by atoms with Crippen molar-refractivity contribution in [1.29, 1.82) is 0 Å². The van der Waals surface area contributed by atoms with Crippen molar-refractivity contribution in [2.75, 3.05) is 25.0 Å². The molecule has 3 rings (SSSR count). The SMILES string of the molecule is C=CCOc1cccc(NC(=O)C2CCCN(Cc3ccccc3Cl)C2)c1. The Labute approximate surface area is 165 Å². The standard InChI is InChI=1S/C22H25ClN2O2/c1-2-13-27-20-10-5-9-19(14-20)24-22(26)18-8-6-12-25(16-18)15-17-7-3-4-11-21(17)23/h2-5,7,9-11,14,18H,1,6,8,12-13,15-16H2,(H,24,26). The Morgan fingerprint density at radius 1 is 1.30 bits per heavy atom. The van der Waals surface area contributed by atoms with Crippen LogP contribution in [0.15, 0.2) is 61.2 Å². The van der Waals surface area contributed by atoms with Gasteiger partial charge in [-0.05, 0) is 43.1 Å². The maximum absolute atomic E-state index is 12.7. The zero-order valence-electron chi connectivity index (χ0n) is 15.4. The third-order valence-electron chi connectivity index (χ3n) is 4.70. The molecule has 5 heteroatoms. The summed E-state index contributed by atoms with van der Waals surface area (Å²) in [6, 6.07) is 15.3. The molecule has 2 aromatic carbocycles. The van der Waals surface area contributed by atoms with E-state index in [0.717, 1.165) is 54.5 Å². The lowest BCUT2D eigenvalue weighted by atomic mass is 9.96. The molecule has 142 valence electrons. The van der Waals surface area contributed by atoms with Gasteiger partial charge in [0.15, 0.2) is 0 Å². The summed E-state index contributed by atoms with van der Waals surface area (Å²) in [4.78, 5) is 15.0. The predicted molar refractivity (Wildman–Crippen MR) is 110 cm³/mol. The number of benzene rings is 2. The molecule has 1 N–H and O–H groups in total. The number of carbonyl (C=O) groups is 1. The highest BCUT2D eigenvalue weighted by atomic mass is 35.5. The number of halogens is 1. The van der Waals surface area contributed by atoms with Gasteiger partial charge in [0.25, 0.3) is 0 Å². The minimum Gasteiger partial charge on any atom is -0.489 e. The normalized spacial score (nSPS) is 17.3. The molecule has 1 atom stereocenters. The second-order valence-electron chi connectivity index (χ2n) is 6.78. The first-order chi connectivity index (χ1) is 13.2. The smallest absolute Gasteiger partial charge is 0.228 e. The van der Waals surface area contributed by atoms with Gasteiger partial charge in [-0.15, -0.1) is 0 Å². The Morgan fingerprint density at radius 2 is 2.15 bits per heavy atom. The molecule has 1 amide bonds. The minimum absolute atomic E-state index is 0.0287. The molecule has 2 aromatic rings. The number of nitrogens with zero attached hydrogens (tertiary/aromatic N) is 1. The van der Waals surface area contributed by atoms with Crippen LogP contribution in [0.1, 0.15) is 18.4 Å². The van der Waals surface area contributed by atoms with Gasteiger partial charge in [0.2, 0.25) is 5.91 Å². The van der Waals surface area contributed by atoms with E-state index >= 15 is 0 Å². The van der Waals surface area contributed by atoms with E-state index in [9.17, 15) is 4.79 Å². The van der Waals surface area contributed by atoms with E-state index in [1.807, 2.05) is 48.5 Å². The van der Waals surface area contributed by atoms with Crippen LogP contribution in [0.25, 0.3) is 0 Å². The van der Waals surface area contributed by atoms with Crippen molar-refractivity contribution in [2.45, 2.75) is 19.4 Å². The van der Waals surface area contributed by atoms with Gasteiger partial charge in [0, 0.05) is 29.9 Å². The predicted octanol–water partition coefficient (Wildman–Crippen LogP) is 4.76. The van der Waals surface area contributed by atoms with E-state index in [0.29, 0.717) is 6.61 Å². The number of hydrogen-bond donors (Lipinski definition) is 1. The molecule has 4 nitrogen and oxygen atoms in total. The summed E-state index contributed by atoms with van der Waals surface area (Å²) in [5.74, 6) is 0.746. The van der Waals surface area contributed by atoms with Gasteiger partial charge >= 0.3 is 0 Å².